The van der Waals surface area contributed by atoms with Gasteiger partial charge in [-0.25, -0.2) is 4.79 Å². The average molecular weight is 368 g/mol. The van der Waals surface area contributed by atoms with Crippen molar-refractivity contribution in [3.63, 3.8) is 0 Å². The van der Waals surface area contributed by atoms with Gasteiger partial charge in [0.15, 0.2) is 0 Å². The van der Waals surface area contributed by atoms with Crippen LogP contribution < -0.4 is 4.74 Å². The SMILES string of the molecule is CC1(O)CC(=O)OC(CCCc2ccc(OC(=O)c3ccccc3)cc2)C1. The number of carbonyl (C=O) groups is 2. The third-order valence-corrected chi connectivity index (χ3v) is 4.63. The van der Waals surface area contributed by atoms with Crippen LogP contribution in [0, 0.1) is 0 Å². The van der Waals surface area contributed by atoms with Crippen molar-refractivity contribution in [3.8, 4) is 5.75 Å². The molecule has 1 aliphatic heterocycles. The van der Waals surface area contributed by atoms with Gasteiger partial charge in [0, 0.05) is 6.42 Å². The van der Waals surface area contributed by atoms with E-state index in [1.807, 2.05) is 18.2 Å². The van der Waals surface area contributed by atoms with Crippen molar-refractivity contribution in [1.29, 1.82) is 0 Å². The summed E-state index contributed by atoms with van der Waals surface area (Å²) in [4.78, 5) is 23.6. The van der Waals surface area contributed by atoms with E-state index in [2.05, 4.69) is 0 Å². The summed E-state index contributed by atoms with van der Waals surface area (Å²) in [6, 6.07) is 16.3. The van der Waals surface area contributed by atoms with Gasteiger partial charge in [-0.15, -0.1) is 0 Å². The van der Waals surface area contributed by atoms with Crippen molar-refractivity contribution in [2.45, 2.75) is 50.7 Å². The Morgan fingerprint density at radius 1 is 1.19 bits per heavy atom. The molecule has 0 saturated carbocycles. The van der Waals surface area contributed by atoms with Crippen LogP contribution >= 0.6 is 0 Å². The van der Waals surface area contributed by atoms with E-state index in [1.165, 1.54) is 0 Å². The van der Waals surface area contributed by atoms with E-state index in [0.29, 0.717) is 24.2 Å². The van der Waals surface area contributed by atoms with Gasteiger partial charge in [-0.05, 0) is 56.0 Å². The summed E-state index contributed by atoms with van der Waals surface area (Å²) in [6.45, 7) is 1.68. The largest absolute Gasteiger partial charge is 0.462 e. The number of esters is 2. The summed E-state index contributed by atoms with van der Waals surface area (Å²) in [5, 5.41) is 10.1. The molecule has 0 amide bonds. The summed E-state index contributed by atoms with van der Waals surface area (Å²) < 4.78 is 10.7. The van der Waals surface area contributed by atoms with E-state index < -0.39 is 5.60 Å². The molecular formula is C22H24O5. The van der Waals surface area contributed by atoms with Gasteiger partial charge in [0.05, 0.1) is 17.6 Å². The van der Waals surface area contributed by atoms with Crippen molar-refractivity contribution in [1.82, 2.24) is 0 Å². The van der Waals surface area contributed by atoms with E-state index in [9.17, 15) is 14.7 Å². The van der Waals surface area contributed by atoms with Crippen molar-refractivity contribution in [3.05, 3.63) is 65.7 Å². The average Bonchev–Trinajstić information content (AvgIpc) is 2.62. The molecule has 1 heterocycles. The van der Waals surface area contributed by atoms with Crippen LogP contribution in [0.15, 0.2) is 54.6 Å². The van der Waals surface area contributed by atoms with Gasteiger partial charge in [0.25, 0.3) is 0 Å². The molecule has 2 aromatic carbocycles. The Bertz CT molecular complexity index is 780. The van der Waals surface area contributed by atoms with Crippen LogP contribution in [-0.2, 0) is 16.0 Å². The zero-order chi connectivity index (χ0) is 19.3. The number of carbonyl (C=O) groups excluding carboxylic acids is 2. The van der Waals surface area contributed by atoms with Crippen molar-refractivity contribution in [2.75, 3.05) is 0 Å². The Morgan fingerprint density at radius 2 is 1.89 bits per heavy atom. The molecule has 5 nitrogen and oxygen atoms in total. The van der Waals surface area contributed by atoms with Crippen LogP contribution in [0.1, 0.15) is 48.5 Å². The molecular weight excluding hydrogens is 344 g/mol. The van der Waals surface area contributed by atoms with Gasteiger partial charge in [-0.3, -0.25) is 4.79 Å². The number of hydrogen-bond donors (Lipinski definition) is 1. The number of hydrogen-bond acceptors (Lipinski definition) is 5. The smallest absolute Gasteiger partial charge is 0.343 e. The van der Waals surface area contributed by atoms with E-state index in [4.69, 9.17) is 9.47 Å². The topological polar surface area (TPSA) is 72.8 Å². The first kappa shape index (κ1) is 19.1. The van der Waals surface area contributed by atoms with Gasteiger partial charge in [0.1, 0.15) is 11.9 Å². The molecule has 0 bridgehead atoms. The number of rotatable bonds is 6. The monoisotopic (exact) mass is 368 g/mol. The molecule has 0 spiro atoms. The third kappa shape index (κ3) is 5.66. The summed E-state index contributed by atoms with van der Waals surface area (Å²) in [5.74, 6) is -0.208. The molecule has 2 aromatic rings. The first-order valence-corrected chi connectivity index (χ1v) is 9.19. The lowest BCUT2D eigenvalue weighted by Gasteiger charge is -2.33. The molecule has 0 radical (unpaired) electrons. The minimum Gasteiger partial charge on any atom is -0.462 e. The van der Waals surface area contributed by atoms with Crippen LogP contribution in [-0.4, -0.2) is 28.8 Å². The number of aliphatic hydroxyl groups is 1. The Hall–Kier alpha value is -2.66. The highest BCUT2D eigenvalue weighted by molar-refractivity contribution is 5.90. The molecule has 1 saturated heterocycles. The lowest BCUT2D eigenvalue weighted by atomic mass is 9.90. The molecule has 1 fully saturated rings. The Morgan fingerprint density at radius 3 is 2.56 bits per heavy atom. The maximum absolute atomic E-state index is 12.0. The summed E-state index contributed by atoms with van der Waals surface area (Å²) in [6.07, 6.45) is 2.69. The summed E-state index contributed by atoms with van der Waals surface area (Å²) in [5.41, 5.74) is 0.660. The maximum atomic E-state index is 12.0. The zero-order valence-electron chi connectivity index (χ0n) is 15.4. The molecule has 2 unspecified atom stereocenters. The molecule has 5 heteroatoms. The third-order valence-electron chi connectivity index (χ3n) is 4.63. The second-order valence-electron chi connectivity index (χ2n) is 7.28. The summed E-state index contributed by atoms with van der Waals surface area (Å²) in [7, 11) is 0. The fourth-order valence-electron chi connectivity index (χ4n) is 3.30. The molecule has 0 aliphatic carbocycles. The van der Waals surface area contributed by atoms with Gasteiger partial charge in [0.2, 0.25) is 0 Å². The molecule has 1 N–H and O–H groups in total. The highest BCUT2D eigenvalue weighted by atomic mass is 16.5. The number of ether oxygens (including phenoxy) is 2. The minimum atomic E-state index is -0.968. The first-order chi connectivity index (χ1) is 12.9. The zero-order valence-corrected chi connectivity index (χ0v) is 15.4. The Labute approximate surface area is 158 Å². The Balaban J connectivity index is 1.47. The van der Waals surface area contributed by atoms with E-state index in [1.54, 1.807) is 43.3 Å². The predicted molar refractivity (Wildman–Crippen MR) is 101 cm³/mol. The lowest BCUT2D eigenvalue weighted by molar-refractivity contribution is -0.168. The van der Waals surface area contributed by atoms with Crippen LogP contribution in [0.25, 0.3) is 0 Å². The van der Waals surface area contributed by atoms with Crippen LogP contribution in [0.3, 0.4) is 0 Å². The quantitative estimate of drug-likeness (QED) is 0.622. The summed E-state index contributed by atoms with van der Waals surface area (Å²) >= 11 is 0. The van der Waals surface area contributed by atoms with Gasteiger partial charge < -0.3 is 14.6 Å². The van der Waals surface area contributed by atoms with Crippen LogP contribution in [0.2, 0.25) is 0 Å². The highest BCUT2D eigenvalue weighted by Gasteiger charge is 2.35. The molecule has 3 rings (SSSR count). The molecule has 2 atom stereocenters. The predicted octanol–water partition coefficient (Wildman–Crippen LogP) is 3.69. The number of aryl methyl sites for hydroxylation is 1. The van der Waals surface area contributed by atoms with Gasteiger partial charge in [-0.1, -0.05) is 30.3 Å². The molecule has 1 aliphatic rings. The molecule has 0 aromatic heterocycles. The van der Waals surface area contributed by atoms with E-state index in [-0.39, 0.29) is 24.5 Å². The van der Waals surface area contributed by atoms with Crippen molar-refractivity contribution < 1.29 is 24.2 Å². The highest BCUT2D eigenvalue weighted by Crippen LogP contribution is 2.27. The molecule has 142 valence electrons. The number of cyclic esters (lactones) is 1. The van der Waals surface area contributed by atoms with Crippen molar-refractivity contribution >= 4 is 11.9 Å². The lowest BCUT2D eigenvalue weighted by Crippen LogP contribution is -2.40. The van der Waals surface area contributed by atoms with Gasteiger partial charge >= 0.3 is 11.9 Å². The second-order valence-corrected chi connectivity index (χ2v) is 7.28. The number of benzene rings is 2. The van der Waals surface area contributed by atoms with Crippen molar-refractivity contribution in [2.24, 2.45) is 0 Å². The fraction of sp³-hybridized carbons (Fsp3) is 0.364. The van der Waals surface area contributed by atoms with Crippen LogP contribution in [0.5, 0.6) is 5.75 Å². The van der Waals surface area contributed by atoms with E-state index >= 15 is 0 Å². The standard InChI is InChI=1S/C22H24O5/c1-22(25)14-19(26-20(23)15-22)9-5-6-16-10-12-18(13-11-16)27-21(24)17-7-3-2-4-8-17/h2-4,7-8,10-13,19,25H,5-6,9,14-15H2,1H3. The Kier molecular flexibility index (Phi) is 5.91. The van der Waals surface area contributed by atoms with Gasteiger partial charge in [-0.2, -0.15) is 0 Å². The second kappa shape index (κ2) is 8.35. The normalized spacial score (nSPS) is 22.1. The first-order valence-electron chi connectivity index (χ1n) is 9.19. The van der Waals surface area contributed by atoms with E-state index in [0.717, 1.165) is 18.4 Å². The minimum absolute atomic E-state index is 0.0622. The fourth-order valence-corrected chi connectivity index (χ4v) is 3.30. The van der Waals surface area contributed by atoms with Crippen LogP contribution in [0.4, 0.5) is 0 Å². The maximum Gasteiger partial charge on any atom is 0.343 e. The molecule has 27 heavy (non-hydrogen) atoms.